The van der Waals surface area contributed by atoms with Crippen molar-refractivity contribution in [2.24, 2.45) is 0 Å². The molecular formula is C10H11O2Si. The highest BCUT2D eigenvalue weighted by atomic mass is 28.1. The molecular weight excluding hydrogens is 180 g/mol. The van der Waals surface area contributed by atoms with E-state index in [4.69, 9.17) is 4.74 Å². The van der Waals surface area contributed by atoms with E-state index in [-0.39, 0.29) is 5.97 Å². The Morgan fingerprint density at radius 3 is 2.46 bits per heavy atom. The van der Waals surface area contributed by atoms with E-state index in [0.717, 1.165) is 16.3 Å². The number of hydrogen-bond acceptors (Lipinski definition) is 2. The van der Waals surface area contributed by atoms with E-state index in [1.807, 2.05) is 19.9 Å². The molecule has 0 aromatic heterocycles. The molecule has 3 heteroatoms. The zero-order valence-electron chi connectivity index (χ0n) is 7.97. The molecule has 0 heterocycles. The highest BCUT2D eigenvalue weighted by molar-refractivity contribution is 6.33. The Labute approximate surface area is 81.3 Å². The average molecular weight is 191 g/mol. The molecule has 0 bridgehead atoms. The first-order chi connectivity index (χ1) is 6.02. The normalized spacial score (nSPS) is 9.85. The third-order valence-corrected chi connectivity index (χ3v) is 2.53. The Morgan fingerprint density at radius 1 is 1.31 bits per heavy atom. The van der Waals surface area contributed by atoms with E-state index in [0.29, 0.717) is 5.75 Å². The summed E-state index contributed by atoms with van der Waals surface area (Å²) >= 11 is 0. The van der Waals surface area contributed by atoms with Gasteiger partial charge in [-0.25, -0.2) is 0 Å². The Balaban J connectivity index is 3.10. The first-order valence-corrected chi connectivity index (χ1v) is 4.52. The van der Waals surface area contributed by atoms with Gasteiger partial charge in [-0.15, -0.1) is 0 Å². The van der Waals surface area contributed by atoms with Gasteiger partial charge in [-0.05, 0) is 31.0 Å². The Bertz CT molecular complexity index is 345. The van der Waals surface area contributed by atoms with Crippen molar-refractivity contribution in [1.29, 1.82) is 0 Å². The van der Waals surface area contributed by atoms with Crippen molar-refractivity contribution < 1.29 is 9.53 Å². The highest BCUT2D eigenvalue weighted by Crippen LogP contribution is 2.18. The average Bonchev–Trinajstić information content (AvgIpc) is 2.06. The fourth-order valence-corrected chi connectivity index (χ4v) is 1.33. The minimum atomic E-state index is -0.288. The van der Waals surface area contributed by atoms with Gasteiger partial charge in [0.1, 0.15) is 5.75 Å². The molecule has 0 aliphatic heterocycles. The summed E-state index contributed by atoms with van der Waals surface area (Å²) in [5.41, 5.74) is 2.08. The van der Waals surface area contributed by atoms with E-state index >= 15 is 0 Å². The van der Waals surface area contributed by atoms with Crippen LogP contribution >= 0.6 is 0 Å². The van der Waals surface area contributed by atoms with Crippen molar-refractivity contribution in [1.82, 2.24) is 0 Å². The lowest BCUT2D eigenvalue weighted by Gasteiger charge is -2.09. The van der Waals surface area contributed by atoms with E-state index < -0.39 is 0 Å². The van der Waals surface area contributed by atoms with Gasteiger partial charge in [0.2, 0.25) is 0 Å². The van der Waals surface area contributed by atoms with Crippen LogP contribution in [0.4, 0.5) is 0 Å². The van der Waals surface area contributed by atoms with Crippen molar-refractivity contribution in [2.75, 3.05) is 0 Å². The smallest absolute Gasteiger partial charge is 0.308 e. The number of benzene rings is 1. The second-order valence-corrected chi connectivity index (χ2v) is 3.49. The molecule has 1 aromatic rings. The van der Waals surface area contributed by atoms with E-state index in [2.05, 4.69) is 10.2 Å². The quantitative estimate of drug-likeness (QED) is 0.376. The molecule has 0 spiro atoms. The maximum absolute atomic E-state index is 10.7. The van der Waals surface area contributed by atoms with Crippen LogP contribution in [0, 0.1) is 13.8 Å². The molecule has 0 aliphatic rings. The Hall–Kier alpha value is -1.09. The van der Waals surface area contributed by atoms with E-state index in [9.17, 15) is 4.79 Å². The fraction of sp³-hybridized carbons (Fsp3) is 0.300. The number of rotatable bonds is 1. The largest absolute Gasteiger partial charge is 0.426 e. The van der Waals surface area contributed by atoms with E-state index in [1.54, 1.807) is 6.07 Å². The summed E-state index contributed by atoms with van der Waals surface area (Å²) < 4.78 is 5.02. The summed E-state index contributed by atoms with van der Waals surface area (Å²) in [4.78, 5) is 10.7. The molecule has 0 N–H and O–H groups in total. The Morgan fingerprint density at radius 2 is 1.92 bits per heavy atom. The molecule has 1 aromatic carbocycles. The van der Waals surface area contributed by atoms with Crippen LogP contribution in [0.25, 0.3) is 0 Å². The molecule has 0 saturated heterocycles. The molecule has 0 aliphatic carbocycles. The molecule has 13 heavy (non-hydrogen) atoms. The summed E-state index contributed by atoms with van der Waals surface area (Å²) in [7, 11) is 3.46. The minimum absolute atomic E-state index is 0.288. The fourth-order valence-electron chi connectivity index (χ4n) is 1.06. The zero-order chi connectivity index (χ0) is 10.0. The Kier molecular flexibility index (Phi) is 2.88. The topological polar surface area (TPSA) is 26.3 Å². The molecule has 0 atom stereocenters. The lowest BCUT2D eigenvalue weighted by molar-refractivity contribution is -0.131. The number of hydrogen-bond donors (Lipinski definition) is 0. The minimum Gasteiger partial charge on any atom is -0.426 e. The van der Waals surface area contributed by atoms with Crippen molar-refractivity contribution in [3.63, 3.8) is 0 Å². The van der Waals surface area contributed by atoms with Crippen molar-refractivity contribution in [3.8, 4) is 5.75 Å². The lowest BCUT2D eigenvalue weighted by Crippen LogP contribution is -2.11. The van der Waals surface area contributed by atoms with Gasteiger partial charge >= 0.3 is 5.97 Å². The van der Waals surface area contributed by atoms with Gasteiger partial charge in [0.05, 0.1) is 10.2 Å². The number of carbonyl (C=O) groups is 1. The number of esters is 1. The molecule has 67 valence electrons. The van der Waals surface area contributed by atoms with Crippen LogP contribution < -0.4 is 9.92 Å². The molecule has 1 rings (SSSR count). The monoisotopic (exact) mass is 191 g/mol. The molecule has 0 saturated carbocycles. The molecule has 0 amide bonds. The lowest BCUT2D eigenvalue weighted by atomic mass is 10.1. The first-order valence-electron chi connectivity index (χ1n) is 4.02. The third-order valence-electron chi connectivity index (χ3n) is 1.99. The zero-order valence-corrected chi connectivity index (χ0v) is 8.97. The molecule has 2 nitrogen and oxygen atoms in total. The van der Waals surface area contributed by atoms with Gasteiger partial charge < -0.3 is 4.74 Å². The van der Waals surface area contributed by atoms with E-state index in [1.165, 1.54) is 6.92 Å². The summed E-state index contributed by atoms with van der Waals surface area (Å²) in [5, 5.41) is 1.02. The summed E-state index contributed by atoms with van der Waals surface area (Å²) in [6, 6.07) is 3.66. The van der Waals surface area contributed by atoms with Crippen LogP contribution in [-0.2, 0) is 4.79 Å². The standard InChI is InChI=1S/C10H11O2Si/c1-6-7(2)10(13)5-4-9(6)12-8(3)11/h4-5H,1-3H3. The SMILES string of the molecule is CC(=O)Oc1ccc([Si])c(C)c1C. The van der Waals surface area contributed by atoms with Crippen LogP contribution in [0.3, 0.4) is 0 Å². The predicted octanol–water partition coefficient (Wildman–Crippen LogP) is 1.02. The van der Waals surface area contributed by atoms with Gasteiger partial charge in [-0.1, -0.05) is 11.3 Å². The van der Waals surface area contributed by atoms with Crippen LogP contribution in [0.15, 0.2) is 12.1 Å². The van der Waals surface area contributed by atoms with Gasteiger partial charge in [-0.2, -0.15) is 0 Å². The first kappa shape index (κ1) is 9.99. The third kappa shape index (κ3) is 2.18. The number of ether oxygens (including phenoxy) is 1. The van der Waals surface area contributed by atoms with Crippen LogP contribution in [0.5, 0.6) is 5.75 Å². The van der Waals surface area contributed by atoms with Crippen molar-refractivity contribution in [3.05, 3.63) is 23.3 Å². The summed E-state index contributed by atoms with van der Waals surface area (Å²) in [5.74, 6) is 0.344. The van der Waals surface area contributed by atoms with Crippen LogP contribution in [0.1, 0.15) is 18.1 Å². The maximum atomic E-state index is 10.7. The van der Waals surface area contributed by atoms with Crippen molar-refractivity contribution >= 4 is 21.4 Å². The van der Waals surface area contributed by atoms with Gasteiger partial charge in [0.15, 0.2) is 0 Å². The van der Waals surface area contributed by atoms with Gasteiger partial charge in [-0.3, -0.25) is 4.79 Å². The summed E-state index contributed by atoms with van der Waals surface area (Å²) in [6.07, 6.45) is 0. The maximum Gasteiger partial charge on any atom is 0.308 e. The molecule has 0 unspecified atom stereocenters. The molecule has 3 radical (unpaired) electrons. The number of carbonyl (C=O) groups excluding carboxylic acids is 1. The van der Waals surface area contributed by atoms with Crippen LogP contribution in [0.2, 0.25) is 0 Å². The van der Waals surface area contributed by atoms with Gasteiger partial charge in [0.25, 0.3) is 0 Å². The second kappa shape index (κ2) is 3.74. The summed E-state index contributed by atoms with van der Waals surface area (Å²) in [6.45, 7) is 5.30. The van der Waals surface area contributed by atoms with Crippen molar-refractivity contribution in [2.45, 2.75) is 20.8 Å². The highest BCUT2D eigenvalue weighted by Gasteiger charge is 2.05. The molecule has 0 fully saturated rings. The van der Waals surface area contributed by atoms with Crippen LogP contribution in [-0.4, -0.2) is 16.2 Å². The predicted molar refractivity (Wildman–Crippen MR) is 52.6 cm³/mol. The van der Waals surface area contributed by atoms with Gasteiger partial charge in [0, 0.05) is 6.92 Å². The second-order valence-electron chi connectivity index (χ2n) is 2.95.